The minimum atomic E-state index is -2.17. The number of benzene rings is 2. The molecule has 2 bridgehead atoms. The predicted octanol–water partition coefficient (Wildman–Crippen LogP) is 4.37. The van der Waals surface area contributed by atoms with Crippen LogP contribution in [0.25, 0.3) is 0 Å². The molecule has 230 valence electrons. The molecule has 5 atom stereocenters. The Balaban J connectivity index is 1.46. The molecule has 2 aliphatic heterocycles. The lowest BCUT2D eigenvalue weighted by molar-refractivity contribution is -0.168. The maximum atomic E-state index is 13.2. The van der Waals surface area contributed by atoms with E-state index in [0.29, 0.717) is 38.4 Å². The molecule has 2 aromatic rings. The normalized spacial score (nSPS) is 31.7. The first kappa shape index (κ1) is 30.0. The number of aliphatic hydroxyl groups is 2. The number of fused-ring (bicyclic) bond motifs is 4. The number of amides is 1. The Morgan fingerprint density at radius 3 is 2.79 bits per heavy atom. The summed E-state index contributed by atoms with van der Waals surface area (Å²) in [5, 5.41) is 23.7. The average Bonchev–Trinajstić information content (AvgIpc) is 3.13. The molecule has 4 aliphatic rings. The van der Waals surface area contributed by atoms with Crippen LogP contribution in [0.5, 0.6) is 5.75 Å². The van der Waals surface area contributed by atoms with Gasteiger partial charge in [-0.25, -0.2) is 4.79 Å². The van der Waals surface area contributed by atoms with E-state index in [0.717, 1.165) is 42.8 Å². The Kier molecular flexibility index (Phi) is 8.22. The van der Waals surface area contributed by atoms with Gasteiger partial charge in [0.25, 0.3) is 0 Å². The van der Waals surface area contributed by atoms with Crippen LogP contribution < -0.4 is 9.64 Å². The van der Waals surface area contributed by atoms with E-state index in [1.54, 1.807) is 25.2 Å². The Labute approximate surface area is 258 Å². The van der Waals surface area contributed by atoms with Gasteiger partial charge in [0.05, 0.1) is 31.9 Å². The summed E-state index contributed by atoms with van der Waals surface area (Å²) >= 11 is 6.40. The fourth-order valence-corrected chi connectivity index (χ4v) is 7.71. The van der Waals surface area contributed by atoms with Gasteiger partial charge < -0.3 is 29.5 Å². The van der Waals surface area contributed by atoms with Crippen LogP contribution in [0.15, 0.2) is 48.6 Å². The first-order valence-corrected chi connectivity index (χ1v) is 15.7. The van der Waals surface area contributed by atoms with E-state index in [9.17, 15) is 19.8 Å². The number of hydrogen-bond acceptors (Lipinski definition) is 7. The number of methoxy groups -OCH3 is 1. The molecule has 9 heteroatoms. The third kappa shape index (κ3) is 5.54. The molecule has 1 saturated carbocycles. The zero-order valence-corrected chi connectivity index (χ0v) is 25.7. The topological polar surface area (TPSA) is 99.5 Å². The van der Waals surface area contributed by atoms with Crippen LogP contribution >= 0.6 is 11.6 Å². The Bertz CT molecular complexity index is 1430. The van der Waals surface area contributed by atoms with Crippen molar-refractivity contribution in [2.75, 3.05) is 45.3 Å². The van der Waals surface area contributed by atoms with Crippen molar-refractivity contribution in [1.29, 1.82) is 0 Å². The van der Waals surface area contributed by atoms with E-state index >= 15 is 0 Å². The fraction of sp³-hybridized carbons (Fsp3) is 0.529. The Morgan fingerprint density at radius 2 is 2.02 bits per heavy atom. The SMILES string of the molecule is COC(=O)[C@]1(O)CC(=O)N(C)CC/C=C/[C@@H](O)[C@@H]2CC[C@H]2CN2C[C@]3(CCCc4cc(Cl)ccc43)COc3ccc1cc32. The van der Waals surface area contributed by atoms with Crippen LogP contribution in [0.4, 0.5) is 5.69 Å². The van der Waals surface area contributed by atoms with Crippen LogP contribution in [-0.2, 0) is 31.8 Å². The van der Waals surface area contributed by atoms with Crippen molar-refractivity contribution in [3.63, 3.8) is 0 Å². The van der Waals surface area contributed by atoms with Crippen LogP contribution in [0, 0.1) is 11.8 Å². The summed E-state index contributed by atoms with van der Waals surface area (Å²) in [4.78, 5) is 30.2. The second-order valence-electron chi connectivity index (χ2n) is 12.8. The van der Waals surface area contributed by atoms with E-state index in [1.165, 1.54) is 23.1 Å². The standard InChI is InChI=1S/C34H41ClN2O6/c1-36-15-4-3-7-29(38)26-11-8-23(26)19-37-20-33(14-5-6-22-16-25(35)10-12-27(22)33)21-43-30-13-9-24(17-28(30)37)34(41,18-31(36)39)32(40)42-2/h3,7,9-10,12-13,16-17,23,26,29,38,41H,4-6,8,11,14-15,18-21H2,1-2H3/b7-3+/t23-,26+,29+,33+,34-/m0/s1. The molecule has 6 rings (SSSR count). The summed E-state index contributed by atoms with van der Waals surface area (Å²) in [6, 6.07) is 11.4. The molecule has 1 amide bonds. The summed E-state index contributed by atoms with van der Waals surface area (Å²) < 4.78 is 11.6. The van der Waals surface area contributed by atoms with Gasteiger partial charge in [-0.15, -0.1) is 0 Å². The fourth-order valence-electron chi connectivity index (χ4n) is 7.51. The monoisotopic (exact) mass is 608 g/mol. The lowest BCUT2D eigenvalue weighted by Gasteiger charge is -2.45. The van der Waals surface area contributed by atoms with Crippen LogP contribution in [0.2, 0.25) is 5.02 Å². The number of esters is 1. The maximum Gasteiger partial charge on any atom is 0.343 e. The second kappa shape index (κ2) is 11.8. The van der Waals surface area contributed by atoms with Gasteiger partial charge in [-0.1, -0.05) is 35.9 Å². The van der Waals surface area contributed by atoms with Gasteiger partial charge in [0.2, 0.25) is 5.91 Å². The predicted molar refractivity (Wildman–Crippen MR) is 164 cm³/mol. The molecule has 2 aliphatic carbocycles. The van der Waals surface area contributed by atoms with Crippen LogP contribution in [0.3, 0.4) is 0 Å². The van der Waals surface area contributed by atoms with Crippen molar-refractivity contribution in [2.24, 2.45) is 11.8 Å². The number of halogens is 1. The Hall–Kier alpha value is -3.07. The lowest BCUT2D eigenvalue weighted by atomic mass is 9.68. The molecule has 2 aromatic carbocycles. The first-order chi connectivity index (χ1) is 20.6. The molecular weight excluding hydrogens is 568 g/mol. The van der Waals surface area contributed by atoms with Gasteiger partial charge in [0, 0.05) is 37.1 Å². The number of nitrogens with zero attached hydrogens (tertiary/aromatic N) is 2. The van der Waals surface area contributed by atoms with E-state index in [1.807, 2.05) is 18.2 Å². The molecule has 0 aromatic heterocycles. The highest BCUT2D eigenvalue weighted by molar-refractivity contribution is 6.30. The number of ether oxygens (including phenoxy) is 2. The quantitative estimate of drug-likeness (QED) is 0.366. The highest BCUT2D eigenvalue weighted by Gasteiger charge is 2.46. The highest BCUT2D eigenvalue weighted by Crippen LogP contribution is 2.47. The van der Waals surface area contributed by atoms with E-state index < -0.39 is 24.1 Å². The molecule has 2 heterocycles. The van der Waals surface area contributed by atoms with Gasteiger partial charge in [0.1, 0.15) is 5.75 Å². The van der Waals surface area contributed by atoms with Crippen molar-refractivity contribution in [3.05, 3.63) is 70.3 Å². The second-order valence-corrected chi connectivity index (χ2v) is 13.3. The minimum Gasteiger partial charge on any atom is -0.490 e. The third-order valence-electron chi connectivity index (χ3n) is 10.2. The smallest absolute Gasteiger partial charge is 0.343 e. The molecule has 8 nitrogen and oxygen atoms in total. The van der Waals surface area contributed by atoms with E-state index in [2.05, 4.69) is 17.0 Å². The summed E-state index contributed by atoms with van der Waals surface area (Å²) in [6.45, 7) is 2.24. The average molecular weight is 609 g/mol. The van der Waals surface area contributed by atoms with Gasteiger partial charge >= 0.3 is 5.97 Å². The Morgan fingerprint density at radius 1 is 1.19 bits per heavy atom. The molecule has 0 radical (unpaired) electrons. The van der Waals surface area contributed by atoms with Gasteiger partial charge in [-0.05, 0) is 91.3 Å². The minimum absolute atomic E-state index is 0.125. The number of carbonyl (C=O) groups excluding carboxylic acids is 2. The van der Waals surface area contributed by atoms with Crippen molar-refractivity contribution in [1.82, 2.24) is 4.90 Å². The largest absolute Gasteiger partial charge is 0.490 e. The number of carbonyl (C=O) groups is 2. The molecule has 1 spiro atoms. The van der Waals surface area contributed by atoms with Crippen LogP contribution in [0.1, 0.15) is 55.2 Å². The number of aliphatic hydroxyl groups excluding tert-OH is 1. The number of hydrogen-bond donors (Lipinski definition) is 2. The first-order valence-electron chi connectivity index (χ1n) is 15.3. The molecule has 0 saturated heterocycles. The molecule has 2 N–H and O–H groups in total. The van der Waals surface area contributed by atoms with E-state index in [-0.39, 0.29) is 28.7 Å². The third-order valence-corrected chi connectivity index (χ3v) is 10.4. The lowest BCUT2D eigenvalue weighted by Crippen LogP contribution is -2.49. The summed E-state index contributed by atoms with van der Waals surface area (Å²) in [5.41, 5.74) is 1.09. The van der Waals surface area contributed by atoms with Crippen molar-refractivity contribution in [2.45, 2.75) is 62.1 Å². The number of anilines is 1. The summed E-state index contributed by atoms with van der Waals surface area (Å²) in [6.07, 6.45) is 8.19. The van der Waals surface area contributed by atoms with Gasteiger partial charge in [-0.3, -0.25) is 4.79 Å². The highest BCUT2D eigenvalue weighted by atomic mass is 35.5. The number of rotatable bonds is 1. The molecule has 43 heavy (non-hydrogen) atoms. The van der Waals surface area contributed by atoms with Crippen molar-refractivity contribution in [3.8, 4) is 5.75 Å². The summed E-state index contributed by atoms with van der Waals surface area (Å²) in [7, 11) is 2.87. The zero-order valence-electron chi connectivity index (χ0n) is 24.9. The molecule has 0 unspecified atom stereocenters. The summed E-state index contributed by atoms with van der Waals surface area (Å²) in [5.74, 6) is -0.216. The van der Waals surface area contributed by atoms with E-state index in [4.69, 9.17) is 21.1 Å². The molecular formula is C34H41ClN2O6. The van der Waals surface area contributed by atoms with Gasteiger partial charge in [-0.2, -0.15) is 0 Å². The zero-order chi connectivity index (χ0) is 30.4. The molecule has 1 fully saturated rings. The van der Waals surface area contributed by atoms with Gasteiger partial charge in [0.15, 0.2) is 5.60 Å². The number of aryl methyl sites for hydroxylation is 1. The van der Waals surface area contributed by atoms with Crippen LogP contribution in [-0.4, -0.2) is 73.5 Å². The van der Waals surface area contributed by atoms with Crippen molar-refractivity contribution < 1.29 is 29.3 Å². The van der Waals surface area contributed by atoms with Crippen molar-refractivity contribution >= 4 is 29.2 Å². The maximum absolute atomic E-state index is 13.2.